The number of nitrogens with one attached hydrogen (secondary N) is 1. The molecule has 126 valence electrons. The van der Waals surface area contributed by atoms with Gasteiger partial charge in [0, 0.05) is 23.3 Å². The number of benzene rings is 2. The van der Waals surface area contributed by atoms with Crippen molar-refractivity contribution in [3.63, 3.8) is 0 Å². The zero-order valence-corrected chi connectivity index (χ0v) is 13.2. The standard InChI is InChI=1S/C17H13N3O5/c1-9-12-6-14-15(25-8-24-14)7-13(12)16(18-19-17(9)21)10-2-4-11(5-3-10)20(22)23/h2-7,9H,8H2,1H3,(H,19,21). The van der Waals surface area contributed by atoms with Crippen LogP contribution in [0.1, 0.15) is 29.5 Å². The van der Waals surface area contributed by atoms with Crippen molar-refractivity contribution in [2.24, 2.45) is 5.10 Å². The molecule has 2 heterocycles. The van der Waals surface area contributed by atoms with Gasteiger partial charge in [0.25, 0.3) is 5.69 Å². The maximum absolute atomic E-state index is 12.2. The molecule has 0 spiro atoms. The number of nitro benzene ring substituents is 1. The first-order valence-corrected chi connectivity index (χ1v) is 7.61. The van der Waals surface area contributed by atoms with Crippen LogP contribution in [-0.2, 0) is 4.79 Å². The van der Waals surface area contributed by atoms with Gasteiger partial charge >= 0.3 is 0 Å². The highest BCUT2D eigenvalue weighted by Crippen LogP contribution is 2.39. The smallest absolute Gasteiger partial charge is 0.269 e. The molecular formula is C17H13N3O5. The Kier molecular flexibility index (Phi) is 3.38. The van der Waals surface area contributed by atoms with Gasteiger partial charge in [-0.1, -0.05) is 0 Å². The molecule has 1 amide bonds. The van der Waals surface area contributed by atoms with Gasteiger partial charge < -0.3 is 9.47 Å². The first-order valence-electron chi connectivity index (χ1n) is 7.61. The second-order valence-corrected chi connectivity index (χ2v) is 5.75. The summed E-state index contributed by atoms with van der Waals surface area (Å²) in [7, 11) is 0. The molecule has 2 aromatic carbocycles. The van der Waals surface area contributed by atoms with Gasteiger partial charge in [-0.05, 0) is 36.8 Å². The lowest BCUT2D eigenvalue weighted by atomic mass is 9.90. The molecule has 1 atom stereocenters. The molecule has 0 radical (unpaired) electrons. The molecular weight excluding hydrogens is 326 g/mol. The van der Waals surface area contributed by atoms with Crippen LogP contribution < -0.4 is 14.9 Å². The Balaban J connectivity index is 1.87. The average molecular weight is 339 g/mol. The number of hydrogen-bond acceptors (Lipinski definition) is 6. The van der Waals surface area contributed by atoms with Crippen LogP contribution in [0.3, 0.4) is 0 Å². The topological polar surface area (TPSA) is 103 Å². The molecule has 25 heavy (non-hydrogen) atoms. The van der Waals surface area contributed by atoms with Crippen molar-refractivity contribution in [3.05, 3.63) is 63.2 Å². The molecule has 0 aromatic heterocycles. The SMILES string of the molecule is CC1C(=O)NN=C(c2ccc([N+](=O)[O-])cc2)c2cc3c(cc21)OCO3. The highest BCUT2D eigenvalue weighted by atomic mass is 16.7. The third-order valence-corrected chi connectivity index (χ3v) is 4.29. The Hall–Kier alpha value is -3.42. The van der Waals surface area contributed by atoms with Gasteiger partial charge in [-0.15, -0.1) is 0 Å². The van der Waals surface area contributed by atoms with E-state index in [0.29, 0.717) is 22.8 Å². The third-order valence-electron chi connectivity index (χ3n) is 4.29. The molecule has 0 saturated carbocycles. The van der Waals surface area contributed by atoms with Crippen molar-refractivity contribution in [2.75, 3.05) is 6.79 Å². The Bertz CT molecular complexity index is 921. The summed E-state index contributed by atoms with van der Waals surface area (Å²) in [6.07, 6.45) is 0. The van der Waals surface area contributed by atoms with Gasteiger partial charge in [-0.3, -0.25) is 14.9 Å². The van der Waals surface area contributed by atoms with Crippen LogP contribution in [0.2, 0.25) is 0 Å². The number of fused-ring (bicyclic) bond motifs is 2. The maximum atomic E-state index is 12.2. The van der Waals surface area contributed by atoms with E-state index in [-0.39, 0.29) is 18.4 Å². The maximum Gasteiger partial charge on any atom is 0.269 e. The van der Waals surface area contributed by atoms with Crippen LogP contribution in [-0.4, -0.2) is 23.3 Å². The average Bonchev–Trinajstić information content (AvgIpc) is 3.03. The first kappa shape index (κ1) is 15.1. The molecule has 1 unspecified atom stereocenters. The molecule has 2 aliphatic heterocycles. The molecule has 2 aliphatic rings. The quantitative estimate of drug-likeness (QED) is 0.668. The van der Waals surface area contributed by atoms with E-state index in [1.54, 1.807) is 31.2 Å². The number of nitro groups is 1. The predicted octanol–water partition coefficient (Wildman–Crippen LogP) is 2.31. The number of amides is 1. The van der Waals surface area contributed by atoms with Gasteiger partial charge in [-0.25, -0.2) is 5.43 Å². The molecule has 0 bridgehead atoms. The molecule has 0 saturated heterocycles. The van der Waals surface area contributed by atoms with E-state index in [2.05, 4.69) is 10.5 Å². The van der Waals surface area contributed by atoms with Crippen molar-refractivity contribution in [2.45, 2.75) is 12.8 Å². The van der Waals surface area contributed by atoms with E-state index in [9.17, 15) is 14.9 Å². The van der Waals surface area contributed by atoms with E-state index in [4.69, 9.17) is 9.47 Å². The monoisotopic (exact) mass is 339 g/mol. The Morgan fingerprint density at radius 1 is 1.20 bits per heavy atom. The number of non-ortho nitro benzene ring substituents is 1. The highest BCUT2D eigenvalue weighted by molar-refractivity contribution is 6.16. The fourth-order valence-electron chi connectivity index (χ4n) is 2.89. The Morgan fingerprint density at radius 2 is 1.88 bits per heavy atom. The normalized spacial score (nSPS) is 18.0. The second kappa shape index (κ2) is 5.59. The number of carbonyl (C=O) groups is 1. The minimum atomic E-state index is -0.464. The van der Waals surface area contributed by atoms with E-state index < -0.39 is 10.8 Å². The Morgan fingerprint density at radius 3 is 2.56 bits per heavy atom. The summed E-state index contributed by atoms with van der Waals surface area (Å²) in [6.45, 7) is 1.91. The van der Waals surface area contributed by atoms with E-state index in [1.807, 2.05) is 0 Å². The highest BCUT2D eigenvalue weighted by Gasteiger charge is 2.29. The lowest BCUT2D eigenvalue weighted by Crippen LogP contribution is -2.22. The number of nitrogens with zero attached hydrogens (tertiary/aromatic N) is 2. The molecule has 8 heteroatoms. The third kappa shape index (κ3) is 2.47. The summed E-state index contributed by atoms with van der Waals surface area (Å²) >= 11 is 0. The van der Waals surface area contributed by atoms with Crippen LogP contribution in [0.15, 0.2) is 41.5 Å². The fraction of sp³-hybridized carbons (Fsp3) is 0.176. The van der Waals surface area contributed by atoms with E-state index in [0.717, 1.165) is 11.1 Å². The van der Waals surface area contributed by atoms with Crippen molar-refractivity contribution in [1.29, 1.82) is 0 Å². The van der Waals surface area contributed by atoms with Crippen molar-refractivity contribution in [1.82, 2.24) is 5.43 Å². The van der Waals surface area contributed by atoms with Gasteiger partial charge in [0.05, 0.1) is 16.6 Å². The summed E-state index contributed by atoms with van der Waals surface area (Å²) in [6, 6.07) is 9.59. The van der Waals surface area contributed by atoms with Crippen LogP contribution >= 0.6 is 0 Å². The molecule has 0 fully saturated rings. The predicted molar refractivity (Wildman–Crippen MR) is 87.9 cm³/mol. The molecule has 1 N–H and O–H groups in total. The van der Waals surface area contributed by atoms with Gasteiger partial charge in [0.15, 0.2) is 11.5 Å². The van der Waals surface area contributed by atoms with E-state index >= 15 is 0 Å². The van der Waals surface area contributed by atoms with Crippen molar-refractivity contribution < 1.29 is 19.2 Å². The first-order chi connectivity index (χ1) is 12.0. The minimum absolute atomic E-state index is 0.0127. The largest absolute Gasteiger partial charge is 0.454 e. The molecule has 2 aromatic rings. The molecule has 4 rings (SSSR count). The number of hydrogen-bond donors (Lipinski definition) is 1. The van der Waals surface area contributed by atoms with Gasteiger partial charge in [0.1, 0.15) is 0 Å². The van der Waals surface area contributed by atoms with Gasteiger partial charge in [-0.2, -0.15) is 5.10 Å². The number of ether oxygens (including phenoxy) is 2. The van der Waals surface area contributed by atoms with Crippen LogP contribution in [0, 0.1) is 10.1 Å². The summed E-state index contributed by atoms with van der Waals surface area (Å²) < 4.78 is 10.8. The number of rotatable bonds is 2. The fourth-order valence-corrected chi connectivity index (χ4v) is 2.89. The number of hydrazone groups is 1. The second-order valence-electron chi connectivity index (χ2n) is 5.75. The summed E-state index contributed by atoms with van der Waals surface area (Å²) in [5.74, 6) is 0.499. The zero-order chi connectivity index (χ0) is 17.6. The van der Waals surface area contributed by atoms with Crippen molar-refractivity contribution >= 4 is 17.3 Å². The zero-order valence-electron chi connectivity index (χ0n) is 13.2. The van der Waals surface area contributed by atoms with Crippen LogP contribution in [0.4, 0.5) is 5.69 Å². The lowest BCUT2D eigenvalue weighted by molar-refractivity contribution is -0.384. The van der Waals surface area contributed by atoms with E-state index in [1.165, 1.54) is 12.1 Å². The molecule has 8 nitrogen and oxygen atoms in total. The minimum Gasteiger partial charge on any atom is -0.454 e. The summed E-state index contributed by atoms with van der Waals surface area (Å²) in [5, 5.41) is 15.1. The lowest BCUT2D eigenvalue weighted by Gasteiger charge is -2.13. The summed E-state index contributed by atoms with van der Waals surface area (Å²) in [5.41, 5.74) is 5.18. The number of carbonyl (C=O) groups excluding carboxylic acids is 1. The van der Waals surface area contributed by atoms with Crippen molar-refractivity contribution in [3.8, 4) is 11.5 Å². The molecule has 0 aliphatic carbocycles. The Labute approximate surface area is 142 Å². The van der Waals surface area contributed by atoms with Crippen LogP contribution in [0.5, 0.6) is 11.5 Å². The van der Waals surface area contributed by atoms with Crippen LogP contribution in [0.25, 0.3) is 0 Å². The summed E-state index contributed by atoms with van der Waals surface area (Å²) in [4.78, 5) is 22.6. The van der Waals surface area contributed by atoms with Gasteiger partial charge in [0.2, 0.25) is 12.7 Å².